The number of nitrogens with one attached hydrogen (secondary N) is 1. The van der Waals surface area contributed by atoms with Gasteiger partial charge >= 0.3 is 6.01 Å². The number of nitrogens with zero attached hydrogens (tertiary/aromatic N) is 5. The Hall–Kier alpha value is -3.61. The highest BCUT2D eigenvalue weighted by molar-refractivity contribution is 5.41. The quantitative estimate of drug-likeness (QED) is 0.234. The molecule has 5 rings (SSSR count). The zero-order valence-electron chi connectivity index (χ0n) is 20.9. The van der Waals surface area contributed by atoms with Gasteiger partial charge < -0.3 is 19.9 Å². The van der Waals surface area contributed by atoms with Crippen LogP contribution in [0.1, 0.15) is 37.7 Å². The second-order valence-corrected chi connectivity index (χ2v) is 9.54. The first-order valence-corrected chi connectivity index (χ1v) is 12.7. The van der Waals surface area contributed by atoms with Crippen LogP contribution in [0.4, 0.5) is 38.2 Å². The summed E-state index contributed by atoms with van der Waals surface area (Å²) >= 11 is 0. The second-order valence-electron chi connectivity index (χ2n) is 9.54. The van der Waals surface area contributed by atoms with Crippen molar-refractivity contribution < 1.29 is 31.1 Å². The molecule has 0 unspecified atom stereocenters. The Morgan fingerprint density at radius 1 is 0.795 bits per heavy atom. The van der Waals surface area contributed by atoms with Gasteiger partial charge in [0, 0.05) is 25.7 Å². The third-order valence-corrected chi connectivity index (χ3v) is 6.96. The lowest BCUT2D eigenvalue weighted by Crippen LogP contribution is -2.47. The van der Waals surface area contributed by atoms with Gasteiger partial charge in [0.25, 0.3) is 0 Å². The number of piperidine rings is 2. The lowest BCUT2D eigenvalue weighted by molar-refractivity contribution is 0.141. The van der Waals surface area contributed by atoms with E-state index in [-0.39, 0.29) is 18.4 Å². The summed E-state index contributed by atoms with van der Waals surface area (Å²) in [5.74, 6) is -12.8. The zero-order chi connectivity index (χ0) is 27.5. The second kappa shape index (κ2) is 11.6. The topological polar surface area (TPSA) is 66.4 Å². The SMILES string of the molecule is Fc1cccc(CNc2nc(Oc3c(F)c(F)c(F)c(F)c3F)nc(N3CCC(N4CCCCC4)CC3)n2)c1. The minimum absolute atomic E-state index is 0.0821. The van der Waals surface area contributed by atoms with E-state index >= 15 is 0 Å². The molecule has 13 heteroatoms. The number of hydrogen-bond donors (Lipinski definition) is 1. The van der Waals surface area contributed by atoms with Crippen LogP contribution in [-0.2, 0) is 6.54 Å². The van der Waals surface area contributed by atoms with Crippen molar-refractivity contribution in [2.24, 2.45) is 0 Å². The molecule has 0 saturated carbocycles. The van der Waals surface area contributed by atoms with Crippen LogP contribution in [0.25, 0.3) is 0 Å². The van der Waals surface area contributed by atoms with Crippen molar-refractivity contribution in [2.45, 2.75) is 44.7 Å². The molecule has 0 bridgehead atoms. The van der Waals surface area contributed by atoms with E-state index in [1.54, 1.807) is 6.07 Å². The first-order valence-electron chi connectivity index (χ1n) is 12.7. The largest absolute Gasteiger partial charge is 0.418 e. The minimum Gasteiger partial charge on any atom is -0.418 e. The number of hydrogen-bond acceptors (Lipinski definition) is 7. The number of halogens is 6. The smallest absolute Gasteiger partial charge is 0.328 e. The third-order valence-electron chi connectivity index (χ3n) is 6.96. The van der Waals surface area contributed by atoms with Crippen LogP contribution in [0.5, 0.6) is 11.8 Å². The van der Waals surface area contributed by atoms with Gasteiger partial charge in [-0.2, -0.15) is 23.7 Å². The predicted octanol–water partition coefficient (Wildman–Crippen LogP) is 5.57. The maximum absolute atomic E-state index is 14.3. The molecule has 3 aromatic rings. The Bertz CT molecular complexity index is 1300. The summed E-state index contributed by atoms with van der Waals surface area (Å²) in [6.07, 6.45) is 5.26. The molecule has 2 aromatic carbocycles. The highest BCUT2D eigenvalue weighted by atomic mass is 19.2. The maximum Gasteiger partial charge on any atom is 0.328 e. The first kappa shape index (κ1) is 27.0. The number of rotatable bonds is 7. The van der Waals surface area contributed by atoms with Crippen LogP contribution < -0.4 is 15.0 Å². The van der Waals surface area contributed by atoms with Gasteiger partial charge in [-0.3, -0.25) is 0 Å². The molecular weight excluding hydrogens is 526 g/mol. The van der Waals surface area contributed by atoms with Crippen LogP contribution in [0.3, 0.4) is 0 Å². The van der Waals surface area contributed by atoms with Gasteiger partial charge in [-0.05, 0) is 56.5 Å². The van der Waals surface area contributed by atoms with Crippen molar-refractivity contribution in [2.75, 3.05) is 36.4 Å². The predicted molar refractivity (Wildman–Crippen MR) is 131 cm³/mol. The van der Waals surface area contributed by atoms with Gasteiger partial charge in [-0.25, -0.2) is 17.6 Å². The summed E-state index contributed by atoms with van der Waals surface area (Å²) in [7, 11) is 0. The highest BCUT2D eigenvalue weighted by Gasteiger charge is 2.30. The lowest BCUT2D eigenvalue weighted by atomic mass is 10.0. The Labute approximate surface area is 220 Å². The van der Waals surface area contributed by atoms with E-state index in [4.69, 9.17) is 4.74 Å². The van der Waals surface area contributed by atoms with E-state index in [0.717, 1.165) is 25.9 Å². The summed E-state index contributed by atoms with van der Waals surface area (Å²) in [5, 5.41) is 2.88. The molecule has 2 fully saturated rings. The Morgan fingerprint density at radius 3 is 2.13 bits per heavy atom. The van der Waals surface area contributed by atoms with Crippen LogP contribution in [-0.4, -0.2) is 52.1 Å². The van der Waals surface area contributed by atoms with Crippen molar-refractivity contribution in [3.05, 3.63) is 64.7 Å². The minimum atomic E-state index is -2.30. The average molecular weight is 553 g/mol. The number of benzene rings is 2. The molecule has 1 aromatic heterocycles. The van der Waals surface area contributed by atoms with Crippen molar-refractivity contribution in [3.63, 3.8) is 0 Å². The van der Waals surface area contributed by atoms with Crippen molar-refractivity contribution in [1.29, 1.82) is 0 Å². The van der Waals surface area contributed by atoms with Crippen molar-refractivity contribution in [1.82, 2.24) is 19.9 Å². The summed E-state index contributed by atoms with van der Waals surface area (Å²) in [6, 6.07) is 5.52. The van der Waals surface area contributed by atoms with E-state index < -0.39 is 46.7 Å². The molecule has 3 heterocycles. The van der Waals surface area contributed by atoms with Crippen LogP contribution in [0.15, 0.2) is 24.3 Å². The summed E-state index contributed by atoms with van der Waals surface area (Å²) in [6.45, 7) is 3.36. The molecule has 0 aliphatic carbocycles. The van der Waals surface area contributed by atoms with Gasteiger partial charge in [0.05, 0.1) is 0 Å². The first-order chi connectivity index (χ1) is 18.8. The molecule has 0 radical (unpaired) electrons. The van der Waals surface area contributed by atoms with E-state index in [1.807, 2.05) is 4.90 Å². The molecule has 7 nitrogen and oxygen atoms in total. The number of anilines is 2. The van der Waals surface area contributed by atoms with Gasteiger partial charge in [0.2, 0.25) is 46.7 Å². The van der Waals surface area contributed by atoms with E-state index in [1.165, 1.54) is 37.5 Å². The van der Waals surface area contributed by atoms with E-state index in [2.05, 4.69) is 25.2 Å². The Kier molecular flexibility index (Phi) is 8.05. The normalized spacial score (nSPS) is 16.9. The Morgan fingerprint density at radius 2 is 1.46 bits per heavy atom. The molecule has 0 atom stereocenters. The van der Waals surface area contributed by atoms with Crippen LogP contribution in [0.2, 0.25) is 0 Å². The van der Waals surface area contributed by atoms with Gasteiger partial charge in [-0.15, -0.1) is 0 Å². The molecule has 208 valence electrons. The standard InChI is InChI=1S/C26H26F6N6O/c27-16-6-4-5-15(13-16)14-33-24-34-25(38-11-7-17(8-12-38)37-9-2-1-3-10-37)36-26(35-24)39-23-21(31)19(29)18(28)20(30)22(23)32/h4-6,13,17H,1-3,7-12,14H2,(H,33,34,35,36). The van der Waals surface area contributed by atoms with Crippen molar-refractivity contribution in [3.8, 4) is 11.8 Å². The highest BCUT2D eigenvalue weighted by Crippen LogP contribution is 2.33. The number of likely N-dealkylation sites (tertiary alicyclic amines) is 1. The maximum atomic E-state index is 14.3. The molecule has 0 amide bonds. The Balaban J connectivity index is 1.40. The van der Waals surface area contributed by atoms with Gasteiger partial charge in [0.1, 0.15) is 5.82 Å². The molecule has 1 N–H and O–H groups in total. The fourth-order valence-corrected chi connectivity index (χ4v) is 4.92. The van der Waals surface area contributed by atoms with Crippen LogP contribution in [0, 0.1) is 34.9 Å². The summed E-state index contributed by atoms with van der Waals surface area (Å²) in [4.78, 5) is 16.8. The molecule has 39 heavy (non-hydrogen) atoms. The molecule has 2 aliphatic heterocycles. The number of aromatic nitrogens is 3. The van der Waals surface area contributed by atoms with Crippen LogP contribution >= 0.6 is 0 Å². The monoisotopic (exact) mass is 552 g/mol. The summed E-state index contributed by atoms with van der Waals surface area (Å²) in [5.41, 5.74) is 0.557. The molecule has 2 saturated heterocycles. The lowest BCUT2D eigenvalue weighted by Gasteiger charge is -2.40. The molecular formula is C26H26F6N6O. The third kappa shape index (κ3) is 6.02. The zero-order valence-corrected chi connectivity index (χ0v) is 20.9. The molecule has 2 aliphatic rings. The van der Waals surface area contributed by atoms with Gasteiger partial charge in [-0.1, -0.05) is 18.6 Å². The fourth-order valence-electron chi connectivity index (χ4n) is 4.92. The summed E-state index contributed by atoms with van der Waals surface area (Å²) < 4.78 is 88.1. The molecule has 0 spiro atoms. The van der Waals surface area contributed by atoms with E-state index in [0.29, 0.717) is 24.7 Å². The van der Waals surface area contributed by atoms with Gasteiger partial charge in [0.15, 0.2) is 0 Å². The van der Waals surface area contributed by atoms with E-state index in [9.17, 15) is 26.3 Å². The fraction of sp³-hybridized carbons (Fsp3) is 0.423. The average Bonchev–Trinajstić information content (AvgIpc) is 2.97. The van der Waals surface area contributed by atoms with Crippen molar-refractivity contribution >= 4 is 11.9 Å². The number of ether oxygens (including phenoxy) is 1.